The molecule has 4 aliphatic heterocycles. The van der Waals surface area contributed by atoms with Crippen molar-refractivity contribution in [3.63, 3.8) is 0 Å². The maximum absolute atomic E-state index is 17.2. The van der Waals surface area contributed by atoms with E-state index in [9.17, 15) is 27.6 Å². The molecule has 4 aromatic rings. The van der Waals surface area contributed by atoms with E-state index in [1.807, 2.05) is 6.07 Å². The van der Waals surface area contributed by atoms with Crippen molar-refractivity contribution in [3.05, 3.63) is 34.4 Å². The number of alkyl halides is 3. The van der Waals surface area contributed by atoms with Crippen LogP contribution in [0.4, 0.5) is 32.8 Å². The van der Waals surface area contributed by atoms with E-state index in [1.165, 1.54) is 6.07 Å². The van der Waals surface area contributed by atoms with Gasteiger partial charge in [0, 0.05) is 43.0 Å². The average molecular weight is 734 g/mol. The molecular weight excluding hydrogens is 705 g/mol. The highest BCUT2D eigenvalue weighted by molar-refractivity contribution is 7.23. The number of thiophene rings is 1. The van der Waals surface area contributed by atoms with Crippen LogP contribution in [-0.4, -0.2) is 95.8 Å². The first kappa shape index (κ1) is 33.0. The second kappa shape index (κ2) is 12.2. The fourth-order valence-electron chi connectivity index (χ4n) is 8.08. The predicted molar refractivity (Wildman–Crippen MR) is 177 cm³/mol. The number of benzene rings is 2. The van der Waals surface area contributed by atoms with Gasteiger partial charge in [-0.3, -0.25) is 9.69 Å². The van der Waals surface area contributed by atoms with E-state index < -0.39 is 41.7 Å². The number of rotatable bonds is 6. The van der Waals surface area contributed by atoms with Gasteiger partial charge in [0.2, 0.25) is 0 Å². The Bertz CT molecular complexity index is 2110. The highest BCUT2D eigenvalue weighted by atomic mass is 35.5. The molecule has 0 bridgehead atoms. The first-order chi connectivity index (χ1) is 24.0. The Kier molecular flexibility index (Phi) is 8.07. The van der Waals surface area contributed by atoms with Gasteiger partial charge in [0.05, 0.1) is 32.8 Å². The minimum atomic E-state index is -3.16. The number of nitriles is 1. The number of nitrogens with two attached hydrogens (primary N) is 1. The molecule has 17 heteroatoms. The van der Waals surface area contributed by atoms with Crippen molar-refractivity contribution in [1.82, 2.24) is 19.8 Å². The number of nitrogens with zero attached hydrogens (tertiary/aromatic N) is 6. The van der Waals surface area contributed by atoms with Crippen LogP contribution in [-0.2, 0) is 4.79 Å². The Morgan fingerprint density at radius 3 is 2.82 bits per heavy atom. The molecule has 50 heavy (non-hydrogen) atoms. The number of halogens is 6. The molecule has 2 aromatic carbocycles. The summed E-state index contributed by atoms with van der Waals surface area (Å²) in [5, 5.41) is 9.96. The van der Waals surface area contributed by atoms with Crippen LogP contribution < -0.4 is 20.1 Å². The second-order valence-electron chi connectivity index (χ2n) is 13.1. The van der Waals surface area contributed by atoms with Crippen LogP contribution in [0.1, 0.15) is 31.2 Å². The highest BCUT2D eigenvalue weighted by Crippen LogP contribution is 2.51. The number of carbonyl (C=O) groups is 1. The Hall–Kier alpha value is -4.20. The van der Waals surface area contributed by atoms with E-state index in [4.69, 9.17) is 31.8 Å². The number of likely N-dealkylation sites (tertiary alicyclic amines) is 1. The minimum Gasteiger partial charge on any atom is -0.489 e. The zero-order chi connectivity index (χ0) is 35.1. The quantitative estimate of drug-likeness (QED) is 0.241. The third kappa shape index (κ3) is 5.07. The number of amides is 1. The summed E-state index contributed by atoms with van der Waals surface area (Å²) in [4.78, 5) is 26.3. The second-order valence-corrected chi connectivity index (χ2v) is 14.5. The van der Waals surface area contributed by atoms with Crippen LogP contribution in [0.15, 0.2) is 12.1 Å². The van der Waals surface area contributed by atoms with Crippen LogP contribution in [0.25, 0.3) is 32.1 Å². The van der Waals surface area contributed by atoms with E-state index in [2.05, 4.69) is 9.88 Å². The van der Waals surface area contributed by atoms with Crippen molar-refractivity contribution < 1.29 is 36.2 Å². The number of ether oxygens (including phenoxy) is 2. The van der Waals surface area contributed by atoms with Crippen molar-refractivity contribution in [3.8, 4) is 29.0 Å². The number of nitrogen functional groups attached to an aromatic ring is 1. The van der Waals surface area contributed by atoms with E-state index in [0.29, 0.717) is 12.8 Å². The molecule has 1 amide bonds. The van der Waals surface area contributed by atoms with Gasteiger partial charge in [-0.2, -0.15) is 24.0 Å². The summed E-state index contributed by atoms with van der Waals surface area (Å²) < 4.78 is 85.7. The van der Waals surface area contributed by atoms with Gasteiger partial charge in [0.1, 0.15) is 47.6 Å². The molecule has 0 radical (unpaired) electrons. The first-order valence-corrected chi connectivity index (χ1v) is 17.3. The van der Waals surface area contributed by atoms with Gasteiger partial charge in [-0.05, 0) is 37.4 Å². The Morgan fingerprint density at radius 2 is 2.04 bits per heavy atom. The molecule has 10 nitrogen and oxygen atoms in total. The van der Waals surface area contributed by atoms with Crippen LogP contribution in [0.3, 0.4) is 0 Å². The SMILES string of the molecule is N#Cc1c(N)sc2c(F)ccc(-c3c(Cl)c4c5c(nc(OC[C@@]67CCCN6C[C@H](F)C7)nc5c3F)N(C3CCN(C(=O)C(F)F)C3)CCO4)c12. The largest absolute Gasteiger partial charge is 0.489 e. The number of anilines is 2. The molecule has 0 spiro atoms. The number of fused-ring (bicyclic) bond motifs is 2. The fourth-order valence-corrected chi connectivity index (χ4v) is 9.36. The summed E-state index contributed by atoms with van der Waals surface area (Å²) in [6.45, 7) is 1.27. The summed E-state index contributed by atoms with van der Waals surface area (Å²) >= 11 is 7.82. The first-order valence-electron chi connectivity index (χ1n) is 16.1. The molecule has 6 heterocycles. The molecule has 3 saturated heterocycles. The lowest BCUT2D eigenvalue weighted by atomic mass is 9.95. The van der Waals surface area contributed by atoms with Gasteiger partial charge in [-0.25, -0.2) is 13.2 Å². The molecule has 3 fully saturated rings. The molecule has 2 N–H and O–H groups in total. The van der Waals surface area contributed by atoms with Crippen molar-refractivity contribution in [2.45, 2.75) is 49.9 Å². The van der Waals surface area contributed by atoms with E-state index >= 15 is 4.39 Å². The van der Waals surface area contributed by atoms with Gasteiger partial charge < -0.3 is 25.0 Å². The maximum Gasteiger partial charge on any atom is 0.319 e. The van der Waals surface area contributed by atoms with Gasteiger partial charge in [0.25, 0.3) is 5.91 Å². The summed E-state index contributed by atoms with van der Waals surface area (Å²) in [5.74, 6) is -2.67. The zero-order valence-corrected chi connectivity index (χ0v) is 27.9. The van der Waals surface area contributed by atoms with Gasteiger partial charge in [0.15, 0.2) is 11.6 Å². The molecule has 3 atom stereocenters. The third-order valence-electron chi connectivity index (χ3n) is 10.3. The highest BCUT2D eigenvalue weighted by Gasteiger charge is 2.49. The lowest BCUT2D eigenvalue weighted by Gasteiger charge is -2.31. The number of carbonyl (C=O) groups excluding carboxylic acids is 1. The molecule has 1 unspecified atom stereocenters. The predicted octanol–water partition coefficient (Wildman–Crippen LogP) is 5.92. The Morgan fingerprint density at radius 1 is 1.22 bits per heavy atom. The van der Waals surface area contributed by atoms with Crippen molar-refractivity contribution in [1.29, 1.82) is 5.26 Å². The molecule has 4 aliphatic rings. The van der Waals surface area contributed by atoms with E-state index in [0.717, 1.165) is 35.3 Å². The van der Waals surface area contributed by atoms with Crippen molar-refractivity contribution >= 4 is 60.7 Å². The van der Waals surface area contributed by atoms with Crippen molar-refractivity contribution in [2.24, 2.45) is 0 Å². The summed E-state index contributed by atoms with van der Waals surface area (Å²) in [6.07, 6.45) is -2.02. The Balaban J connectivity index is 1.31. The molecule has 2 aromatic heterocycles. The molecule has 0 saturated carbocycles. The van der Waals surface area contributed by atoms with Crippen LogP contribution in [0.5, 0.6) is 11.8 Å². The minimum absolute atomic E-state index is 0.00929. The summed E-state index contributed by atoms with van der Waals surface area (Å²) in [5.41, 5.74) is 5.10. The van der Waals surface area contributed by atoms with Crippen molar-refractivity contribution in [2.75, 3.05) is 56.6 Å². The summed E-state index contributed by atoms with van der Waals surface area (Å²) in [6, 6.07) is 3.73. The molecule has 8 rings (SSSR count). The summed E-state index contributed by atoms with van der Waals surface area (Å²) in [7, 11) is 0. The normalized spacial score (nSPS) is 23.5. The number of aromatic nitrogens is 2. The molecular formula is C33H29ClF5N7O3S. The standard InChI is InChI=1S/C33H29ClF5N7O3S/c34-23-21(17-2-3-19(36)27-20(17)18(11-40)29(41)50-27)24(37)25-22-26(23)48-9-8-46(16-4-7-44(13-16)31(47)28(38)39)30(22)43-32(42-25)49-14-33-5-1-6-45(33)12-15(35)10-33/h2-3,15-16,28H,1,4-10,12-14,41H2/t15-,16?,33+/m1/s1. The lowest BCUT2D eigenvalue weighted by Crippen LogP contribution is -2.44. The van der Waals surface area contributed by atoms with Crippen LogP contribution in [0, 0.1) is 23.0 Å². The monoisotopic (exact) mass is 733 g/mol. The lowest BCUT2D eigenvalue weighted by molar-refractivity contribution is -0.141. The molecule has 262 valence electrons. The number of hydrogen-bond donors (Lipinski definition) is 1. The Labute approximate surface area is 291 Å². The molecule has 0 aliphatic carbocycles. The third-order valence-corrected chi connectivity index (χ3v) is 11.7. The van der Waals surface area contributed by atoms with Crippen LogP contribution in [0.2, 0.25) is 5.02 Å². The van der Waals surface area contributed by atoms with Gasteiger partial charge >= 0.3 is 12.4 Å². The van der Waals surface area contributed by atoms with E-state index in [1.54, 1.807) is 4.90 Å². The van der Waals surface area contributed by atoms with E-state index in [-0.39, 0.29) is 111 Å². The average Bonchev–Trinajstić information content (AvgIpc) is 3.84. The topological polar surface area (TPSA) is 121 Å². The zero-order valence-electron chi connectivity index (χ0n) is 26.3. The maximum atomic E-state index is 17.2. The fraction of sp³-hybridized carbons (Fsp3) is 0.455. The number of hydrogen-bond acceptors (Lipinski definition) is 10. The van der Waals surface area contributed by atoms with Crippen LogP contribution >= 0.6 is 22.9 Å². The smallest absolute Gasteiger partial charge is 0.319 e. The van der Waals surface area contributed by atoms with Gasteiger partial charge in [-0.15, -0.1) is 11.3 Å². The van der Waals surface area contributed by atoms with Gasteiger partial charge in [-0.1, -0.05) is 17.7 Å².